The maximum absolute atomic E-state index is 12.9. The molecule has 0 aliphatic carbocycles. The number of carbonyl (C=O) groups excluding carboxylic acids is 1. The van der Waals surface area contributed by atoms with Gasteiger partial charge in [-0.1, -0.05) is 18.2 Å². The zero-order valence-corrected chi connectivity index (χ0v) is 15.3. The number of hydrogen-bond donors (Lipinski definition) is 1. The van der Waals surface area contributed by atoms with E-state index < -0.39 is 0 Å². The molecule has 3 heterocycles. The summed E-state index contributed by atoms with van der Waals surface area (Å²) in [6.07, 6.45) is 2.06. The molecule has 2 aliphatic rings. The highest BCUT2D eigenvalue weighted by atomic mass is 35.5. The third kappa shape index (κ3) is 3.66. The van der Waals surface area contributed by atoms with E-state index in [0.717, 1.165) is 39.0 Å². The second kappa shape index (κ2) is 8.01. The van der Waals surface area contributed by atoms with E-state index in [2.05, 4.69) is 10.4 Å². The SMILES string of the molecule is Cl.O=C(c1ccc(=O)n(-c2ccccc2)n1)N1CC[C@@H]2CNC[C@@H]2CC1. The number of hydrogen-bond acceptors (Lipinski definition) is 4. The molecule has 1 amide bonds. The normalized spacial score (nSPS) is 22.2. The molecule has 2 atom stereocenters. The molecule has 0 radical (unpaired) electrons. The van der Waals surface area contributed by atoms with Crippen molar-refractivity contribution in [3.63, 3.8) is 0 Å². The van der Waals surface area contributed by atoms with Crippen molar-refractivity contribution < 1.29 is 4.79 Å². The summed E-state index contributed by atoms with van der Waals surface area (Å²) < 4.78 is 1.30. The van der Waals surface area contributed by atoms with Crippen molar-refractivity contribution in [3.8, 4) is 5.69 Å². The van der Waals surface area contributed by atoms with Gasteiger partial charge in [0.25, 0.3) is 11.5 Å². The number of fused-ring (bicyclic) bond motifs is 1. The van der Waals surface area contributed by atoms with Crippen LogP contribution in [0.4, 0.5) is 0 Å². The molecule has 0 saturated carbocycles. The van der Waals surface area contributed by atoms with E-state index in [1.54, 1.807) is 0 Å². The number of aromatic nitrogens is 2. The van der Waals surface area contributed by atoms with Crippen LogP contribution in [0.3, 0.4) is 0 Å². The van der Waals surface area contributed by atoms with Gasteiger partial charge in [-0.25, -0.2) is 0 Å². The Hall–Kier alpha value is -2.18. The topological polar surface area (TPSA) is 67.2 Å². The first-order chi connectivity index (χ1) is 12.2. The first kappa shape index (κ1) is 18.6. The second-order valence-electron chi connectivity index (χ2n) is 6.85. The van der Waals surface area contributed by atoms with Gasteiger partial charge in [0.05, 0.1) is 5.69 Å². The highest BCUT2D eigenvalue weighted by Crippen LogP contribution is 2.27. The predicted octanol–water partition coefficient (Wildman–Crippen LogP) is 1.73. The van der Waals surface area contributed by atoms with E-state index >= 15 is 0 Å². The van der Waals surface area contributed by atoms with Gasteiger partial charge in [-0.15, -0.1) is 12.4 Å². The zero-order chi connectivity index (χ0) is 17.2. The molecule has 1 aromatic carbocycles. The summed E-state index contributed by atoms with van der Waals surface area (Å²) in [6.45, 7) is 3.63. The lowest BCUT2D eigenvalue weighted by Gasteiger charge is -2.20. The summed E-state index contributed by atoms with van der Waals surface area (Å²) in [4.78, 5) is 26.9. The van der Waals surface area contributed by atoms with Crippen LogP contribution in [0.5, 0.6) is 0 Å². The van der Waals surface area contributed by atoms with Crippen LogP contribution in [0.2, 0.25) is 0 Å². The Morgan fingerprint density at radius 2 is 1.65 bits per heavy atom. The third-order valence-corrected chi connectivity index (χ3v) is 5.33. The number of nitrogens with zero attached hydrogens (tertiary/aromatic N) is 3. The monoisotopic (exact) mass is 374 g/mol. The summed E-state index contributed by atoms with van der Waals surface area (Å²) in [5.41, 5.74) is 0.756. The molecule has 2 aromatic rings. The van der Waals surface area contributed by atoms with E-state index in [-0.39, 0.29) is 23.9 Å². The van der Waals surface area contributed by atoms with Gasteiger partial charge in [-0.3, -0.25) is 9.59 Å². The fourth-order valence-electron chi connectivity index (χ4n) is 3.86. The fraction of sp³-hybridized carbons (Fsp3) is 0.421. The molecule has 2 fully saturated rings. The van der Waals surface area contributed by atoms with E-state index in [4.69, 9.17) is 0 Å². The number of likely N-dealkylation sites (tertiary alicyclic amines) is 1. The fourth-order valence-corrected chi connectivity index (χ4v) is 3.86. The van der Waals surface area contributed by atoms with Gasteiger partial charge in [0.1, 0.15) is 5.69 Å². The molecule has 4 rings (SSSR count). The van der Waals surface area contributed by atoms with Crippen LogP contribution in [-0.2, 0) is 0 Å². The Labute approximate surface area is 158 Å². The molecule has 6 nitrogen and oxygen atoms in total. The highest BCUT2D eigenvalue weighted by molar-refractivity contribution is 5.92. The van der Waals surface area contributed by atoms with Crippen molar-refractivity contribution in [2.45, 2.75) is 12.8 Å². The molecule has 1 aromatic heterocycles. The Kier molecular flexibility index (Phi) is 5.74. The largest absolute Gasteiger partial charge is 0.337 e. The molecule has 7 heteroatoms. The van der Waals surface area contributed by atoms with Gasteiger partial charge in [-0.2, -0.15) is 9.78 Å². The Morgan fingerprint density at radius 3 is 2.31 bits per heavy atom. The smallest absolute Gasteiger partial charge is 0.274 e. The number of halogens is 1. The van der Waals surface area contributed by atoms with E-state index in [9.17, 15) is 9.59 Å². The number of nitrogens with one attached hydrogen (secondary N) is 1. The van der Waals surface area contributed by atoms with Gasteiger partial charge >= 0.3 is 0 Å². The first-order valence-electron chi connectivity index (χ1n) is 8.88. The van der Waals surface area contributed by atoms with Crippen LogP contribution in [0.25, 0.3) is 5.69 Å². The molecule has 1 N–H and O–H groups in total. The van der Waals surface area contributed by atoms with Crippen LogP contribution in [0.15, 0.2) is 47.3 Å². The molecule has 0 bridgehead atoms. The molecule has 0 spiro atoms. The van der Waals surface area contributed by atoms with E-state index in [1.807, 2.05) is 35.2 Å². The Bertz CT molecular complexity index is 810. The zero-order valence-electron chi connectivity index (χ0n) is 14.5. The van der Waals surface area contributed by atoms with E-state index in [1.165, 1.54) is 16.8 Å². The molecule has 2 saturated heterocycles. The van der Waals surface area contributed by atoms with E-state index in [0.29, 0.717) is 23.2 Å². The number of benzene rings is 1. The van der Waals surface area contributed by atoms with Crippen molar-refractivity contribution in [1.29, 1.82) is 0 Å². The molecule has 138 valence electrons. The van der Waals surface area contributed by atoms with Crippen molar-refractivity contribution in [3.05, 3.63) is 58.5 Å². The number of para-hydroxylation sites is 1. The minimum atomic E-state index is -0.237. The van der Waals surface area contributed by atoms with Crippen molar-refractivity contribution in [2.75, 3.05) is 26.2 Å². The van der Waals surface area contributed by atoms with Gasteiger partial charge < -0.3 is 10.2 Å². The molecule has 0 unspecified atom stereocenters. The second-order valence-corrected chi connectivity index (χ2v) is 6.85. The molecule has 26 heavy (non-hydrogen) atoms. The predicted molar refractivity (Wildman–Crippen MR) is 102 cm³/mol. The van der Waals surface area contributed by atoms with Crippen LogP contribution in [0.1, 0.15) is 23.3 Å². The third-order valence-electron chi connectivity index (χ3n) is 5.33. The lowest BCUT2D eigenvalue weighted by atomic mass is 9.92. The van der Waals surface area contributed by atoms with Gasteiger partial charge in [0.15, 0.2) is 0 Å². The molecule has 2 aliphatic heterocycles. The van der Waals surface area contributed by atoms with Crippen LogP contribution < -0.4 is 10.9 Å². The minimum absolute atomic E-state index is 0. The number of rotatable bonds is 2. The standard InChI is InChI=1S/C19H22N4O2.ClH/c24-18-7-6-17(21-23(18)16-4-2-1-3-5-16)19(25)22-10-8-14-12-20-13-15(14)9-11-22;/h1-7,14-15,20H,8-13H2;1H/t14-,15+;. The number of carbonyl (C=O) groups is 1. The number of amides is 1. The van der Waals surface area contributed by atoms with Crippen molar-refractivity contribution in [2.24, 2.45) is 11.8 Å². The van der Waals surface area contributed by atoms with Gasteiger partial charge in [0, 0.05) is 19.2 Å². The quantitative estimate of drug-likeness (QED) is 0.869. The summed E-state index contributed by atoms with van der Waals surface area (Å²) in [5, 5.41) is 7.77. The summed E-state index contributed by atoms with van der Waals surface area (Å²) in [7, 11) is 0. The average molecular weight is 375 g/mol. The molecular weight excluding hydrogens is 352 g/mol. The van der Waals surface area contributed by atoms with Crippen molar-refractivity contribution >= 4 is 18.3 Å². The van der Waals surface area contributed by atoms with Crippen LogP contribution >= 0.6 is 12.4 Å². The Morgan fingerprint density at radius 1 is 1.00 bits per heavy atom. The summed E-state index contributed by atoms with van der Waals surface area (Å²) >= 11 is 0. The highest BCUT2D eigenvalue weighted by Gasteiger charge is 2.32. The van der Waals surface area contributed by atoms with Gasteiger partial charge in [0.2, 0.25) is 0 Å². The van der Waals surface area contributed by atoms with Crippen LogP contribution in [-0.4, -0.2) is 46.8 Å². The maximum Gasteiger partial charge on any atom is 0.274 e. The first-order valence-corrected chi connectivity index (χ1v) is 8.88. The maximum atomic E-state index is 12.9. The summed E-state index contributed by atoms with van der Waals surface area (Å²) in [5.74, 6) is 1.26. The Balaban J connectivity index is 0.00000196. The molecular formula is C19H23ClN4O2. The van der Waals surface area contributed by atoms with Gasteiger partial charge in [-0.05, 0) is 56.0 Å². The van der Waals surface area contributed by atoms with Crippen LogP contribution in [0, 0.1) is 11.8 Å². The lowest BCUT2D eigenvalue weighted by molar-refractivity contribution is 0.0750. The average Bonchev–Trinajstić information content (AvgIpc) is 3.01. The lowest BCUT2D eigenvalue weighted by Crippen LogP contribution is -2.35. The van der Waals surface area contributed by atoms with Crippen molar-refractivity contribution in [1.82, 2.24) is 20.0 Å². The minimum Gasteiger partial charge on any atom is -0.337 e. The summed E-state index contributed by atoms with van der Waals surface area (Å²) in [6, 6.07) is 12.2.